The van der Waals surface area contributed by atoms with E-state index in [2.05, 4.69) is 20.1 Å². The molecule has 0 spiro atoms. The van der Waals surface area contributed by atoms with Crippen LogP contribution in [0.4, 0.5) is 0 Å². The number of hydrogen-bond acceptors (Lipinski definition) is 6. The molecule has 1 aliphatic heterocycles. The number of pyridine rings is 1. The van der Waals surface area contributed by atoms with Gasteiger partial charge in [0.2, 0.25) is 5.78 Å². The van der Waals surface area contributed by atoms with E-state index in [9.17, 15) is 4.79 Å². The van der Waals surface area contributed by atoms with Crippen molar-refractivity contribution in [3.8, 4) is 5.69 Å². The van der Waals surface area contributed by atoms with Gasteiger partial charge in [-0.3, -0.25) is 19.2 Å². The molecule has 27 heavy (non-hydrogen) atoms. The maximum atomic E-state index is 13.0. The first-order valence-electron chi connectivity index (χ1n) is 9.00. The van der Waals surface area contributed by atoms with Gasteiger partial charge in [0.25, 0.3) is 0 Å². The molecule has 0 atom stereocenters. The first kappa shape index (κ1) is 17.5. The lowest BCUT2D eigenvalue weighted by atomic mass is 10.0. The second kappa shape index (κ2) is 7.77. The number of aromatic nitrogens is 4. The molecule has 0 N–H and O–H groups in total. The summed E-state index contributed by atoms with van der Waals surface area (Å²) in [5, 5.41) is 8.62. The highest BCUT2D eigenvalue weighted by Crippen LogP contribution is 2.21. The van der Waals surface area contributed by atoms with Gasteiger partial charge in [0.15, 0.2) is 5.82 Å². The highest BCUT2D eigenvalue weighted by atomic mass is 16.5. The molecule has 138 valence electrons. The lowest BCUT2D eigenvalue weighted by molar-refractivity contribution is 0.0328. The van der Waals surface area contributed by atoms with Gasteiger partial charge in [-0.15, -0.1) is 10.2 Å². The number of aryl methyl sites for hydroxylation is 1. The third-order valence-corrected chi connectivity index (χ3v) is 4.65. The molecule has 0 radical (unpaired) electrons. The molecule has 1 saturated heterocycles. The van der Waals surface area contributed by atoms with Crippen LogP contribution in [0.2, 0.25) is 0 Å². The van der Waals surface area contributed by atoms with E-state index in [1.54, 1.807) is 18.3 Å². The highest BCUT2D eigenvalue weighted by Gasteiger charge is 2.21. The number of para-hydroxylation sites is 1. The van der Waals surface area contributed by atoms with Crippen LogP contribution < -0.4 is 0 Å². The van der Waals surface area contributed by atoms with Crippen LogP contribution in [0, 0.1) is 6.92 Å². The van der Waals surface area contributed by atoms with Crippen molar-refractivity contribution in [3.63, 3.8) is 0 Å². The number of carbonyl (C=O) groups is 1. The van der Waals surface area contributed by atoms with Crippen LogP contribution in [0.25, 0.3) is 5.69 Å². The van der Waals surface area contributed by atoms with Gasteiger partial charge in [-0.2, -0.15) is 0 Å². The van der Waals surface area contributed by atoms with Crippen LogP contribution in [0.3, 0.4) is 0 Å². The first-order chi connectivity index (χ1) is 13.2. The number of hydrogen-bond donors (Lipinski definition) is 0. The molecule has 0 bridgehead atoms. The van der Waals surface area contributed by atoms with Gasteiger partial charge in [-0.25, -0.2) is 0 Å². The van der Waals surface area contributed by atoms with Crippen LogP contribution >= 0.6 is 0 Å². The molecule has 0 aliphatic carbocycles. The van der Waals surface area contributed by atoms with Crippen molar-refractivity contribution in [1.29, 1.82) is 0 Å². The molecular formula is C20H21N5O2. The molecule has 1 aromatic carbocycles. The molecule has 2 aromatic heterocycles. The number of rotatable bonds is 5. The Morgan fingerprint density at radius 2 is 1.85 bits per heavy atom. The Labute approximate surface area is 157 Å². The lowest BCUT2D eigenvalue weighted by Gasteiger charge is -2.26. The zero-order valence-electron chi connectivity index (χ0n) is 15.2. The maximum absolute atomic E-state index is 13.0. The molecule has 7 heteroatoms. The molecule has 7 nitrogen and oxygen atoms in total. The van der Waals surface area contributed by atoms with E-state index >= 15 is 0 Å². The van der Waals surface area contributed by atoms with Crippen molar-refractivity contribution < 1.29 is 9.53 Å². The molecule has 3 aromatic rings. The molecule has 0 unspecified atom stereocenters. The van der Waals surface area contributed by atoms with Gasteiger partial charge in [0.1, 0.15) is 11.5 Å². The minimum Gasteiger partial charge on any atom is -0.379 e. The molecule has 0 amide bonds. The van der Waals surface area contributed by atoms with E-state index in [4.69, 9.17) is 4.74 Å². The molecule has 3 heterocycles. The normalized spacial score (nSPS) is 15.0. The lowest BCUT2D eigenvalue weighted by Crippen LogP contribution is -2.36. The monoisotopic (exact) mass is 363 g/mol. The zero-order chi connectivity index (χ0) is 18.6. The largest absolute Gasteiger partial charge is 0.379 e. The maximum Gasteiger partial charge on any atom is 0.213 e. The van der Waals surface area contributed by atoms with E-state index < -0.39 is 0 Å². The minimum absolute atomic E-state index is 0.114. The standard InChI is InChI=1S/C20H21N5O2/c1-15-22-23-19(14-24-10-12-27-13-11-24)25(15)18-8-3-2-6-16(18)20(26)17-7-4-5-9-21-17/h2-9H,10-14H2,1H3. The van der Waals surface area contributed by atoms with E-state index in [0.717, 1.165) is 43.6 Å². The number of ketones is 1. The predicted molar refractivity (Wildman–Crippen MR) is 99.9 cm³/mol. The van der Waals surface area contributed by atoms with Crippen LogP contribution in [0.1, 0.15) is 27.7 Å². The van der Waals surface area contributed by atoms with Gasteiger partial charge >= 0.3 is 0 Å². The number of ether oxygens (including phenoxy) is 1. The average molecular weight is 363 g/mol. The van der Waals surface area contributed by atoms with Crippen LogP contribution in [-0.4, -0.2) is 56.7 Å². The predicted octanol–water partition coefficient (Wildman–Crippen LogP) is 2.03. The minimum atomic E-state index is -0.114. The van der Waals surface area contributed by atoms with E-state index in [1.807, 2.05) is 41.8 Å². The zero-order valence-corrected chi connectivity index (χ0v) is 15.2. The Balaban J connectivity index is 1.72. The van der Waals surface area contributed by atoms with E-state index in [1.165, 1.54) is 0 Å². The van der Waals surface area contributed by atoms with Crippen molar-refractivity contribution >= 4 is 5.78 Å². The molecule has 1 aliphatic rings. The summed E-state index contributed by atoms with van der Waals surface area (Å²) >= 11 is 0. The Kier molecular flexibility index (Phi) is 5.04. The van der Waals surface area contributed by atoms with Gasteiger partial charge in [0, 0.05) is 24.8 Å². The summed E-state index contributed by atoms with van der Waals surface area (Å²) in [4.78, 5) is 19.5. The SMILES string of the molecule is Cc1nnc(CN2CCOCC2)n1-c1ccccc1C(=O)c1ccccn1. The van der Waals surface area contributed by atoms with Gasteiger partial charge in [-0.05, 0) is 31.2 Å². The Morgan fingerprint density at radius 3 is 2.63 bits per heavy atom. The van der Waals surface area contributed by atoms with Crippen LogP contribution in [0.5, 0.6) is 0 Å². The number of benzene rings is 1. The average Bonchev–Trinajstić information content (AvgIpc) is 3.08. The molecule has 1 fully saturated rings. The Hall–Kier alpha value is -2.90. The summed E-state index contributed by atoms with van der Waals surface area (Å²) in [6, 6.07) is 12.9. The van der Waals surface area contributed by atoms with Crippen molar-refractivity contribution in [2.24, 2.45) is 0 Å². The Morgan fingerprint density at radius 1 is 1.07 bits per heavy atom. The second-order valence-corrected chi connectivity index (χ2v) is 6.45. The fraction of sp³-hybridized carbons (Fsp3) is 0.300. The summed E-state index contributed by atoms with van der Waals surface area (Å²) in [7, 11) is 0. The van der Waals surface area contributed by atoms with Gasteiger partial charge in [0.05, 0.1) is 25.4 Å². The quantitative estimate of drug-likeness (QED) is 0.646. The highest BCUT2D eigenvalue weighted by molar-refractivity contribution is 6.10. The van der Waals surface area contributed by atoms with Gasteiger partial charge < -0.3 is 4.74 Å². The van der Waals surface area contributed by atoms with E-state index in [-0.39, 0.29) is 5.78 Å². The second-order valence-electron chi connectivity index (χ2n) is 6.45. The fourth-order valence-corrected chi connectivity index (χ4v) is 3.28. The van der Waals surface area contributed by atoms with Crippen LogP contribution in [-0.2, 0) is 11.3 Å². The Bertz CT molecular complexity index is 933. The molecular weight excluding hydrogens is 342 g/mol. The number of morpholine rings is 1. The molecule has 4 rings (SSSR count). The number of carbonyl (C=O) groups excluding carboxylic acids is 1. The number of nitrogens with zero attached hydrogens (tertiary/aromatic N) is 5. The summed E-state index contributed by atoms with van der Waals surface area (Å²) < 4.78 is 7.38. The van der Waals surface area contributed by atoms with Crippen molar-refractivity contribution in [2.45, 2.75) is 13.5 Å². The smallest absolute Gasteiger partial charge is 0.213 e. The first-order valence-corrected chi connectivity index (χ1v) is 9.00. The molecule has 0 saturated carbocycles. The topological polar surface area (TPSA) is 73.1 Å². The van der Waals surface area contributed by atoms with Crippen molar-refractivity contribution in [3.05, 3.63) is 71.6 Å². The van der Waals surface area contributed by atoms with E-state index in [0.29, 0.717) is 17.8 Å². The summed E-state index contributed by atoms with van der Waals surface area (Å²) in [5.74, 6) is 1.45. The third-order valence-electron chi connectivity index (χ3n) is 4.65. The van der Waals surface area contributed by atoms with Gasteiger partial charge in [-0.1, -0.05) is 18.2 Å². The third kappa shape index (κ3) is 3.65. The van der Waals surface area contributed by atoms with Crippen molar-refractivity contribution in [1.82, 2.24) is 24.6 Å². The van der Waals surface area contributed by atoms with Crippen LogP contribution in [0.15, 0.2) is 48.7 Å². The summed E-state index contributed by atoms with van der Waals surface area (Å²) in [5.41, 5.74) is 1.78. The fourth-order valence-electron chi connectivity index (χ4n) is 3.28. The summed E-state index contributed by atoms with van der Waals surface area (Å²) in [6.07, 6.45) is 1.63. The summed E-state index contributed by atoms with van der Waals surface area (Å²) in [6.45, 7) is 5.73. The van der Waals surface area contributed by atoms with Crippen molar-refractivity contribution in [2.75, 3.05) is 26.3 Å².